The van der Waals surface area contributed by atoms with Gasteiger partial charge in [0.1, 0.15) is 0 Å². The zero-order chi connectivity index (χ0) is 13.5. The number of hydrogen-bond donors (Lipinski definition) is 1. The number of rotatable bonds is 7. The molecule has 0 saturated carbocycles. The van der Waals surface area contributed by atoms with Crippen LogP contribution in [0.4, 0.5) is 5.69 Å². The number of methoxy groups -OCH3 is 2. The molecule has 0 saturated heterocycles. The summed E-state index contributed by atoms with van der Waals surface area (Å²) in [5, 5.41) is 14.0. The Kier molecular flexibility index (Phi) is 5.38. The third kappa shape index (κ3) is 3.33. The van der Waals surface area contributed by atoms with E-state index in [0.717, 1.165) is 24.9 Å². The number of nitrogens with zero attached hydrogens (tertiary/aromatic N) is 1. The van der Waals surface area contributed by atoms with Crippen molar-refractivity contribution in [3.05, 3.63) is 27.8 Å². The van der Waals surface area contributed by atoms with Gasteiger partial charge in [0.25, 0.3) is 0 Å². The van der Waals surface area contributed by atoms with E-state index in [1.807, 2.05) is 7.05 Å². The molecule has 0 aliphatic carbocycles. The van der Waals surface area contributed by atoms with Crippen molar-refractivity contribution >= 4 is 5.69 Å². The van der Waals surface area contributed by atoms with E-state index in [2.05, 4.69) is 5.32 Å². The van der Waals surface area contributed by atoms with Crippen LogP contribution in [0.25, 0.3) is 0 Å². The van der Waals surface area contributed by atoms with Gasteiger partial charge < -0.3 is 14.8 Å². The SMILES string of the molecule is CNCCCc1cc(OC)c(OC)c([N+](=O)[O-])c1. The smallest absolute Gasteiger partial charge is 0.315 e. The van der Waals surface area contributed by atoms with E-state index in [-0.39, 0.29) is 11.4 Å². The van der Waals surface area contributed by atoms with Crippen LogP contribution in [0.5, 0.6) is 11.5 Å². The topological polar surface area (TPSA) is 73.6 Å². The summed E-state index contributed by atoms with van der Waals surface area (Å²) in [5.41, 5.74) is 0.811. The van der Waals surface area contributed by atoms with Crippen molar-refractivity contribution in [1.29, 1.82) is 0 Å². The summed E-state index contributed by atoms with van der Waals surface area (Å²) < 4.78 is 10.2. The largest absolute Gasteiger partial charge is 0.493 e. The Bertz CT molecular complexity index is 421. The number of nitro benzene ring substituents is 1. The summed E-state index contributed by atoms with van der Waals surface area (Å²) >= 11 is 0. The lowest BCUT2D eigenvalue weighted by Crippen LogP contribution is -2.08. The molecule has 18 heavy (non-hydrogen) atoms. The zero-order valence-electron chi connectivity index (χ0n) is 10.9. The van der Waals surface area contributed by atoms with Crippen LogP contribution in [-0.2, 0) is 6.42 Å². The van der Waals surface area contributed by atoms with Gasteiger partial charge in [0.15, 0.2) is 5.75 Å². The standard InChI is InChI=1S/C12H18N2O4/c1-13-6-4-5-9-7-10(14(15)16)12(18-3)11(8-9)17-2/h7-8,13H,4-6H2,1-3H3. The van der Waals surface area contributed by atoms with Crippen molar-refractivity contribution in [3.8, 4) is 11.5 Å². The summed E-state index contributed by atoms with van der Waals surface area (Å²) in [5.74, 6) is 0.561. The Morgan fingerprint density at radius 3 is 2.56 bits per heavy atom. The summed E-state index contributed by atoms with van der Waals surface area (Å²) in [7, 11) is 4.74. The van der Waals surface area contributed by atoms with Crippen molar-refractivity contribution in [2.24, 2.45) is 0 Å². The quantitative estimate of drug-likeness (QED) is 0.456. The van der Waals surface area contributed by atoms with Gasteiger partial charge in [-0.25, -0.2) is 0 Å². The van der Waals surface area contributed by atoms with Crippen molar-refractivity contribution < 1.29 is 14.4 Å². The highest BCUT2D eigenvalue weighted by Crippen LogP contribution is 2.38. The molecule has 1 rings (SSSR count). The molecule has 1 aromatic rings. The van der Waals surface area contributed by atoms with Gasteiger partial charge in [0, 0.05) is 6.07 Å². The maximum absolute atomic E-state index is 11.0. The van der Waals surface area contributed by atoms with Crippen molar-refractivity contribution in [2.75, 3.05) is 27.8 Å². The van der Waals surface area contributed by atoms with Crippen LogP contribution in [0.2, 0.25) is 0 Å². The van der Waals surface area contributed by atoms with E-state index in [0.29, 0.717) is 5.75 Å². The molecule has 0 aromatic heterocycles. The minimum absolute atomic E-state index is 0.0590. The van der Waals surface area contributed by atoms with Gasteiger partial charge >= 0.3 is 5.69 Å². The fourth-order valence-electron chi connectivity index (χ4n) is 1.75. The van der Waals surface area contributed by atoms with Crippen molar-refractivity contribution in [3.63, 3.8) is 0 Å². The molecule has 0 radical (unpaired) electrons. The first-order valence-electron chi connectivity index (χ1n) is 5.68. The molecular formula is C12H18N2O4. The molecule has 1 N–H and O–H groups in total. The summed E-state index contributed by atoms with van der Waals surface area (Å²) in [6.07, 6.45) is 1.66. The lowest BCUT2D eigenvalue weighted by molar-refractivity contribution is -0.385. The molecule has 0 aliphatic rings. The van der Waals surface area contributed by atoms with Crippen LogP contribution in [0.3, 0.4) is 0 Å². The number of ether oxygens (including phenoxy) is 2. The lowest BCUT2D eigenvalue weighted by Gasteiger charge is -2.10. The Morgan fingerprint density at radius 2 is 2.06 bits per heavy atom. The van der Waals surface area contributed by atoms with Gasteiger partial charge in [-0.3, -0.25) is 10.1 Å². The minimum Gasteiger partial charge on any atom is -0.493 e. The van der Waals surface area contributed by atoms with E-state index in [1.54, 1.807) is 6.07 Å². The molecule has 0 spiro atoms. The van der Waals surface area contributed by atoms with Crippen LogP contribution in [0.15, 0.2) is 12.1 Å². The van der Waals surface area contributed by atoms with Gasteiger partial charge in [-0.2, -0.15) is 0 Å². The second-order valence-electron chi connectivity index (χ2n) is 3.81. The highest BCUT2D eigenvalue weighted by molar-refractivity contribution is 5.58. The van der Waals surface area contributed by atoms with Gasteiger partial charge in [0.05, 0.1) is 19.1 Å². The van der Waals surface area contributed by atoms with E-state index >= 15 is 0 Å². The van der Waals surface area contributed by atoms with Crippen LogP contribution in [0.1, 0.15) is 12.0 Å². The first-order valence-corrected chi connectivity index (χ1v) is 5.68. The Labute approximate surface area is 106 Å². The monoisotopic (exact) mass is 254 g/mol. The van der Waals surface area contributed by atoms with Crippen molar-refractivity contribution in [2.45, 2.75) is 12.8 Å². The molecule has 6 heteroatoms. The molecular weight excluding hydrogens is 236 g/mol. The third-order valence-corrected chi connectivity index (χ3v) is 2.61. The average molecular weight is 254 g/mol. The molecule has 6 nitrogen and oxygen atoms in total. The van der Waals surface area contributed by atoms with Crippen LogP contribution >= 0.6 is 0 Å². The molecule has 0 unspecified atom stereocenters. The second kappa shape index (κ2) is 6.80. The molecule has 0 aliphatic heterocycles. The molecule has 0 atom stereocenters. The van der Waals surface area contributed by atoms with Gasteiger partial charge in [-0.1, -0.05) is 0 Å². The maximum Gasteiger partial charge on any atom is 0.315 e. The molecule has 0 heterocycles. The van der Waals surface area contributed by atoms with E-state index < -0.39 is 4.92 Å². The molecule has 100 valence electrons. The number of benzene rings is 1. The number of nitro groups is 1. The first kappa shape index (κ1) is 14.2. The van der Waals surface area contributed by atoms with Crippen LogP contribution < -0.4 is 14.8 Å². The summed E-state index contributed by atoms with van der Waals surface area (Å²) in [4.78, 5) is 10.5. The predicted molar refractivity (Wildman–Crippen MR) is 68.4 cm³/mol. The van der Waals surface area contributed by atoms with Crippen LogP contribution in [0, 0.1) is 10.1 Å². The number of aryl methyl sites for hydroxylation is 1. The first-order chi connectivity index (χ1) is 8.63. The molecule has 0 amide bonds. The molecule has 0 fully saturated rings. The van der Waals surface area contributed by atoms with E-state index in [9.17, 15) is 10.1 Å². The molecule has 0 bridgehead atoms. The average Bonchev–Trinajstić information content (AvgIpc) is 2.37. The lowest BCUT2D eigenvalue weighted by atomic mass is 10.1. The summed E-state index contributed by atoms with van der Waals surface area (Å²) in [6.45, 7) is 0.863. The molecule has 1 aromatic carbocycles. The highest BCUT2D eigenvalue weighted by atomic mass is 16.6. The van der Waals surface area contributed by atoms with E-state index in [1.165, 1.54) is 20.3 Å². The normalized spacial score (nSPS) is 10.2. The Morgan fingerprint density at radius 1 is 1.33 bits per heavy atom. The second-order valence-corrected chi connectivity index (χ2v) is 3.81. The maximum atomic E-state index is 11.0. The van der Waals surface area contributed by atoms with Crippen LogP contribution in [-0.4, -0.2) is 32.7 Å². The third-order valence-electron chi connectivity index (χ3n) is 2.61. The number of nitrogens with one attached hydrogen (secondary N) is 1. The fourth-order valence-corrected chi connectivity index (χ4v) is 1.75. The Hall–Kier alpha value is -1.82. The summed E-state index contributed by atoms with van der Waals surface area (Å²) in [6, 6.07) is 3.32. The van der Waals surface area contributed by atoms with Gasteiger partial charge in [-0.05, 0) is 38.1 Å². The van der Waals surface area contributed by atoms with E-state index in [4.69, 9.17) is 9.47 Å². The van der Waals surface area contributed by atoms with Gasteiger partial charge in [-0.15, -0.1) is 0 Å². The predicted octanol–water partition coefficient (Wildman–Crippen LogP) is 1.76. The highest BCUT2D eigenvalue weighted by Gasteiger charge is 2.21. The zero-order valence-corrected chi connectivity index (χ0v) is 10.9. The van der Waals surface area contributed by atoms with Gasteiger partial charge in [0.2, 0.25) is 5.75 Å². The fraction of sp³-hybridized carbons (Fsp3) is 0.500. The van der Waals surface area contributed by atoms with Crippen molar-refractivity contribution in [1.82, 2.24) is 5.32 Å². The Balaban J connectivity index is 3.07. The minimum atomic E-state index is -0.455. The number of hydrogen-bond acceptors (Lipinski definition) is 5.